The molecule has 0 saturated carbocycles. The summed E-state index contributed by atoms with van der Waals surface area (Å²) < 4.78 is 4.35. The number of esters is 1. The third-order valence-corrected chi connectivity index (χ3v) is 1.46. The molecule has 0 bridgehead atoms. The molecule has 0 atom stereocenters. The third-order valence-electron chi connectivity index (χ3n) is 1.46. The van der Waals surface area contributed by atoms with Crippen LogP contribution in [0, 0.1) is 11.3 Å². The van der Waals surface area contributed by atoms with E-state index < -0.39 is 11.9 Å². The predicted octanol–water partition coefficient (Wildman–Crippen LogP) is -0.968. The minimum Gasteiger partial charge on any atom is -0.468 e. The third kappa shape index (κ3) is 3.58. The van der Waals surface area contributed by atoms with Gasteiger partial charge in [0.2, 0.25) is 0 Å². The van der Waals surface area contributed by atoms with Gasteiger partial charge >= 0.3 is 5.97 Å². The number of carbonyl (C=O) groups excluding carboxylic acids is 2. The maximum absolute atomic E-state index is 10.7. The quantitative estimate of drug-likeness (QED) is 0.343. The zero-order valence-corrected chi connectivity index (χ0v) is 7.96. The summed E-state index contributed by atoms with van der Waals surface area (Å²) in [5.41, 5.74) is 4.97. The monoisotopic (exact) mass is 197 g/mol. The Morgan fingerprint density at radius 1 is 1.57 bits per heavy atom. The summed E-state index contributed by atoms with van der Waals surface area (Å²) in [5, 5.41) is 11.1. The van der Waals surface area contributed by atoms with Crippen LogP contribution < -0.4 is 11.1 Å². The van der Waals surface area contributed by atoms with E-state index in [1.54, 1.807) is 6.07 Å². The molecule has 0 aromatic carbocycles. The highest BCUT2D eigenvalue weighted by molar-refractivity contribution is 5.96. The average molecular weight is 197 g/mol. The molecule has 0 unspecified atom stereocenters. The summed E-state index contributed by atoms with van der Waals surface area (Å²) in [6.45, 7) is 1.37. The van der Waals surface area contributed by atoms with Crippen LogP contribution in [0.5, 0.6) is 0 Å². The number of hydrogen-bond acceptors (Lipinski definition) is 5. The molecule has 76 valence electrons. The topological polar surface area (TPSA) is 105 Å². The van der Waals surface area contributed by atoms with Crippen LogP contribution >= 0.6 is 0 Å². The van der Waals surface area contributed by atoms with Crippen LogP contribution in [0.25, 0.3) is 0 Å². The van der Waals surface area contributed by atoms with Gasteiger partial charge in [-0.15, -0.1) is 0 Å². The molecule has 3 N–H and O–H groups in total. The van der Waals surface area contributed by atoms with Crippen molar-refractivity contribution in [1.82, 2.24) is 5.32 Å². The van der Waals surface area contributed by atoms with Crippen LogP contribution in [0.1, 0.15) is 6.92 Å². The number of methoxy groups -OCH3 is 1. The van der Waals surface area contributed by atoms with Crippen molar-refractivity contribution in [3.63, 3.8) is 0 Å². The average Bonchev–Trinajstić information content (AvgIpc) is 2.14. The molecule has 6 heteroatoms. The van der Waals surface area contributed by atoms with Gasteiger partial charge < -0.3 is 15.8 Å². The summed E-state index contributed by atoms with van der Waals surface area (Å²) in [4.78, 5) is 21.4. The fourth-order valence-corrected chi connectivity index (χ4v) is 0.689. The Morgan fingerprint density at radius 3 is 2.50 bits per heavy atom. The van der Waals surface area contributed by atoms with Crippen LogP contribution in [0.3, 0.4) is 0 Å². The zero-order valence-electron chi connectivity index (χ0n) is 7.96. The summed E-state index contributed by atoms with van der Waals surface area (Å²) in [5.74, 6) is -1.33. The minimum absolute atomic E-state index is 0.110. The summed E-state index contributed by atoms with van der Waals surface area (Å²) in [6.07, 6.45) is 0. The van der Waals surface area contributed by atoms with Gasteiger partial charge in [0.25, 0.3) is 5.91 Å². The second-order valence-corrected chi connectivity index (χ2v) is 2.41. The summed E-state index contributed by atoms with van der Waals surface area (Å²) in [6, 6.07) is 1.63. The molecular formula is C8H11N3O3. The number of ether oxygens (including phenoxy) is 1. The summed E-state index contributed by atoms with van der Waals surface area (Å²) >= 11 is 0. The summed E-state index contributed by atoms with van der Waals surface area (Å²) in [7, 11) is 1.24. The van der Waals surface area contributed by atoms with Crippen molar-refractivity contribution >= 4 is 11.9 Å². The first kappa shape index (κ1) is 12.0. The first-order valence-electron chi connectivity index (χ1n) is 3.74. The first-order chi connectivity index (χ1) is 6.52. The molecule has 0 rings (SSSR count). The molecule has 14 heavy (non-hydrogen) atoms. The highest BCUT2D eigenvalue weighted by Gasteiger charge is 2.09. The molecule has 0 aliphatic heterocycles. The SMILES string of the molecule is COC(=O)CN/C(C)=C(\C#N)C(N)=O. The number of nitrogens with one attached hydrogen (secondary N) is 1. The molecule has 0 aromatic rings. The van der Waals surface area contributed by atoms with Crippen molar-refractivity contribution in [1.29, 1.82) is 5.26 Å². The lowest BCUT2D eigenvalue weighted by Crippen LogP contribution is -2.26. The van der Waals surface area contributed by atoms with Crippen molar-refractivity contribution in [2.45, 2.75) is 6.92 Å². The van der Waals surface area contributed by atoms with E-state index in [0.29, 0.717) is 0 Å². The van der Waals surface area contributed by atoms with Crippen molar-refractivity contribution in [2.75, 3.05) is 13.7 Å². The Kier molecular flexibility index (Phi) is 4.78. The highest BCUT2D eigenvalue weighted by atomic mass is 16.5. The van der Waals surface area contributed by atoms with E-state index >= 15 is 0 Å². The molecule has 0 saturated heterocycles. The number of rotatable bonds is 4. The van der Waals surface area contributed by atoms with Gasteiger partial charge in [0.05, 0.1) is 7.11 Å². The lowest BCUT2D eigenvalue weighted by Gasteiger charge is -2.05. The molecule has 0 radical (unpaired) electrons. The lowest BCUT2D eigenvalue weighted by atomic mass is 10.2. The molecule has 0 fully saturated rings. The molecule has 0 heterocycles. The van der Waals surface area contributed by atoms with E-state index in [0.717, 1.165) is 0 Å². The standard InChI is InChI=1S/C8H11N3O3/c1-5(6(3-9)8(10)13)11-4-7(12)14-2/h11H,4H2,1-2H3,(H2,10,13)/b6-5+. The minimum atomic E-state index is -0.831. The van der Waals surface area contributed by atoms with E-state index in [1.165, 1.54) is 14.0 Å². The number of primary amides is 1. The van der Waals surface area contributed by atoms with Crippen LogP contribution in [-0.4, -0.2) is 25.5 Å². The van der Waals surface area contributed by atoms with Crippen molar-refractivity contribution in [3.8, 4) is 6.07 Å². The van der Waals surface area contributed by atoms with Gasteiger partial charge in [-0.05, 0) is 6.92 Å². The normalized spacial score (nSPS) is 10.9. The molecule has 0 aromatic heterocycles. The number of amides is 1. The molecule has 0 aliphatic carbocycles. The smallest absolute Gasteiger partial charge is 0.325 e. The van der Waals surface area contributed by atoms with E-state index in [2.05, 4.69) is 10.1 Å². The Morgan fingerprint density at radius 2 is 2.14 bits per heavy atom. The molecule has 0 aliphatic rings. The number of hydrogen-bond donors (Lipinski definition) is 2. The fourth-order valence-electron chi connectivity index (χ4n) is 0.689. The van der Waals surface area contributed by atoms with Gasteiger partial charge in [0.15, 0.2) is 0 Å². The first-order valence-corrected chi connectivity index (χ1v) is 3.74. The molecule has 1 amide bonds. The zero-order chi connectivity index (χ0) is 11.1. The van der Waals surface area contributed by atoms with Gasteiger partial charge in [-0.3, -0.25) is 9.59 Å². The van der Waals surface area contributed by atoms with Gasteiger partial charge in [-0.25, -0.2) is 0 Å². The van der Waals surface area contributed by atoms with Gasteiger partial charge in [-0.1, -0.05) is 0 Å². The maximum atomic E-state index is 10.7. The van der Waals surface area contributed by atoms with E-state index in [9.17, 15) is 9.59 Å². The Bertz CT molecular complexity index is 314. The van der Waals surface area contributed by atoms with Gasteiger partial charge in [0.1, 0.15) is 18.2 Å². The lowest BCUT2D eigenvalue weighted by molar-refractivity contribution is -0.139. The van der Waals surface area contributed by atoms with Crippen LogP contribution in [0.4, 0.5) is 0 Å². The second kappa shape index (κ2) is 5.59. The largest absolute Gasteiger partial charge is 0.468 e. The van der Waals surface area contributed by atoms with E-state index in [-0.39, 0.29) is 17.8 Å². The molecule has 0 spiro atoms. The highest BCUT2D eigenvalue weighted by Crippen LogP contribution is 1.97. The van der Waals surface area contributed by atoms with E-state index in [1.807, 2.05) is 0 Å². The van der Waals surface area contributed by atoms with Crippen LogP contribution in [-0.2, 0) is 14.3 Å². The van der Waals surface area contributed by atoms with Crippen molar-refractivity contribution in [3.05, 3.63) is 11.3 Å². The van der Waals surface area contributed by atoms with Crippen LogP contribution in [0.15, 0.2) is 11.3 Å². The molecular weight excluding hydrogens is 186 g/mol. The van der Waals surface area contributed by atoms with Crippen molar-refractivity contribution in [2.24, 2.45) is 5.73 Å². The fraction of sp³-hybridized carbons (Fsp3) is 0.375. The second-order valence-electron chi connectivity index (χ2n) is 2.41. The number of nitrogens with two attached hydrogens (primary N) is 1. The van der Waals surface area contributed by atoms with Crippen molar-refractivity contribution < 1.29 is 14.3 Å². The Balaban J connectivity index is 4.44. The molecule has 6 nitrogen and oxygen atoms in total. The maximum Gasteiger partial charge on any atom is 0.325 e. The Labute approximate surface area is 81.3 Å². The number of allylic oxidation sites excluding steroid dienone is 1. The number of nitrogens with zero attached hydrogens (tertiary/aromatic N) is 1. The van der Waals surface area contributed by atoms with Crippen LogP contribution in [0.2, 0.25) is 0 Å². The Hall–Kier alpha value is -2.03. The van der Waals surface area contributed by atoms with Gasteiger partial charge in [0, 0.05) is 5.70 Å². The number of nitriles is 1. The van der Waals surface area contributed by atoms with Gasteiger partial charge in [-0.2, -0.15) is 5.26 Å². The number of carbonyl (C=O) groups is 2. The predicted molar refractivity (Wildman–Crippen MR) is 47.5 cm³/mol. The van der Waals surface area contributed by atoms with E-state index in [4.69, 9.17) is 11.0 Å².